The monoisotopic (exact) mass is 311 g/mol. The predicted octanol–water partition coefficient (Wildman–Crippen LogP) is 1.26. The van der Waals surface area contributed by atoms with Gasteiger partial charge >= 0.3 is 0 Å². The molecule has 7 nitrogen and oxygen atoms in total. The molecule has 0 spiro atoms. The first kappa shape index (κ1) is 15.4. The van der Waals surface area contributed by atoms with E-state index in [9.17, 15) is 0 Å². The van der Waals surface area contributed by atoms with Crippen molar-refractivity contribution in [2.45, 2.75) is 6.92 Å². The van der Waals surface area contributed by atoms with Crippen LogP contribution >= 0.6 is 0 Å². The molecular weight excluding hydrogens is 290 g/mol. The number of anilines is 2. The lowest BCUT2D eigenvalue weighted by Crippen LogP contribution is -2.44. The number of nitrogens with one attached hydrogen (secondary N) is 1. The SMILES string of the molecule is CC(=N)c1cc(-c2cncc(N3CCN(C)CC3)n2)cnc1N. The van der Waals surface area contributed by atoms with E-state index in [1.807, 2.05) is 6.07 Å². The van der Waals surface area contributed by atoms with Crippen LogP contribution in [0.2, 0.25) is 0 Å². The highest BCUT2D eigenvalue weighted by Crippen LogP contribution is 2.22. The number of hydrogen-bond donors (Lipinski definition) is 2. The second-order valence-corrected chi connectivity index (χ2v) is 5.83. The summed E-state index contributed by atoms with van der Waals surface area (Å²) in [6.45, 7) is 5.63. The fraction of sp³-hybridized carbons (Fsp3) is 0.375. The second kappa shape index (κ2) is 6.29. The summed E-state index contributed by atoms with van der Waals surface area (Å²) in [4.78, 5) is 17.8. The largest absolute Gasteiger partial charge is 0.383 e. The minimum atomic E-state index is 0.365. The van der Waals surface area contributed by atoms with Gasteiger partial charge in [-0.25, -0.2) is 9.97 Å². The number of nitrogens with zero attached hydrogens (tertiary/aromatic N) is 5. The van der Waals surface area contributed by atoms with Crippen molar-refractivity contribution in [3.05, 3.63) is 30.2 Å². The third-order valence-electron chi connectivity index (χ3n) is 4.07. The van der Waals surface area contributed by atoms with E-state index in [2.05, 4.69) is 26.8 Å². The van der Waals surface area contributed by atoms with E-state index >= 15 is 0 Å². The smallest absolute Gasteiger partial charge is 0.147 e. The molecule has 2 aromatic rings. The van der Waals surface area contributed by atoms with Gasteiger partial charge in [-0.15, -0.1) is 0 Å². The van der Waals surface area contributed by atoms with E-state index in [-0.39, 0.29) is 0 Å². The van der Waals surface area contributed by atoms with Crippen LogP contribution < -0.4 is 10.6 Å². The van der Waals surface area contributed by atoms with Crippen molar-refractivity contribution < 1.29 is 0 Å². The number of rotatable bonds is 3. The van der Waals surface area contributed by atoms with Crippen molar-refractivity contribution in [1.29, 1.82) is 5.41 Å². The molecule has 0 aromatic carbocycles. The summed E-state index contributed by atoms with van der Waals surface area (Å²) in [6, 6.07) is 1.85. The Kier molecular flexibility index (Phi) is 4.20. The maximum atomic E-state index is 7.79. The molecule has 0 saturated carbocycles. The molecule has 0 radical (unpaired) electrons. The Morgan fingerprint density at radius 1 is 1.17 bits per heavy atom. The van der Waals surface area contributed by atoms with Gasteiger partial charge in [-0.1, -0.05) is 0 Å². The van der Waals surface area contributed by atoms with Gasteiger partial charge in [0.05, 0.1) is 18.1 Å². The Morgan fingerprint density at radius 2 is 1.91 bits per heavy atom. The van der Waals surface area contributed by atoms with E-state index in [4.69, 9.17) is 16.1 Å². The molecule has 3 heterocycles. The standard InChI is InChI=1S/C16H21N7/c1-11(17)13-7-12(8-20-16(13)18)14-9-19-10-15(21-14)23-5-3-22(2)4-6-23/h7-10,17H,3-6H2,1-2H3,(H2,18,20). The lowest BCUT2D eigenvalue weighted by Gasteiger charge is -2.33. The van der Waals surface area contributed by atoms with Gasteiger partial charge < -0.3 is 20.9 Å². The van der Waals surface area contributed by atoms with Crippen LogP contribution in [0.4, 0.5) is 11.6 Å². The van der Waals surface area contributed by atoms with Crippen LogP contribution in [0.1, 0.15) is 12.5 Å². The normalized spacial score (nSPS) is 15.7. The molecule has 0 amide bonds. The van der Waals surface area contributed by atoms with E-state index in [1.165, 1.54) is 0 Å². The summed E-state index contributed by atoms with van der Waals surface area (Å²) >= 11 is 0. The van der Waals surface area contributed by atoms with Gasteiger partial charge in [-0.05, 0) is 20.0 Å². The Labute approximate surface area is 135 Å². The molecule has 0 bridgehead atoms. The summed E-state index contributed by atoms with van der Waals surface area (Å²) in [7, 11) is 2.13. The van der Waals surface area contributed by atoms with Crippen molar-refractivity contribution in [2.24, 2.45) is 0 Å². The first-order chi connectivity index (χ1) is 11.0. The summed E-state index contributed by atoms with van der Waals surface area (Å²) < 4.78 is 0. The maximum Gasteiger partial charge on any atom is 0.147 e. The molecule has 0 unspecified atom stereocenters. The average Bonchev–Trinajstić information content (AvgIpc) is 2.56. The molecule has 120 valence electrons. The first-order valence-electron chi connectivity index (χ1n) is 7.61. The Hall–Kier alpha value is -2.54. The van der Waals surface area contributed by atoms with E-state index in [0.717, 1.165) is 43.3 Å². The van der Waals surface area contributed by atoms with Gasteiger partial charge in [0.25, 0.3) is 0 Å². The van der Waals surface area contributed by atoms with Crippen LogP contribution in [0, 0.1) is 5.41 Å². The molecule has 1 aliphatic rings. The van der Waals surface area contributed by atoms with Gasteiger partial charge in [0.1, 0.15) is 11.6 Å². The lowest BCUT2D eigenvalue weighted by atomic mass is 10.1. The fourth-order valence-electron chi connectivity index (χ4n) is 2.60. The van der Waals surface area contributed by atoms with Crippen LogP contribution in [-0.2, 0) is 0 Å². The lowest BCUT2D eigenvalue weighted by molar-refractivity contribution is 0.312. The molecule has 0 aliphatic carbocycles. The number of likely N-dealkylation sites (N-methyl/N-ethyl adjacent to an activating group) is 1. The highest BCUT2D eigenvalue weighted by Gasteiger charge is 2.16. The molecule has 23 heavy (non-hydrogen) atoms. The van der Waals surface area contributed by atoms with Crippen LogP contribution in [0.25, 0.3) is 11.3 Å². The minimum Gasteiger partial charge on any atom is -0.383 e. The van der Waals surface area contributed by atoms with Crippen LogP contribution in [0.3, 0.4) is 0 Å². The van der Waals surface area contributed by atoms with Crippen LogP contribution in [0.15, 0.2) is 24.7 Å². The van der Waals surface area contributed by atoms with Crippen LogP contribution in [0.5, 0.6) is 0 Å². The molecule has 0 atom stereocenters. The highest BCUT2D eigenvalue weighted by atomic mass is 15.3. The van der Waals surface area contributed by atoms with Crippen molar-refractivity contribution in [3.8, 4) is 11.3 Å². The minimum absolute atomic E-state index is 0.365. The molecule has 2 aromatic heterocycles. The summed E-state index contributed by atoms with van der Waals surface area (Å²) in [6.07, 6.45) is 5.19. The first-order valence-corrected chi connectivity index (χ1v) is 7.61. The van der Waals surface area contributed by atoms with Crippen molar-refractivity contribution >= 4 is 17.3 Å². The number of hydrogen-bond acceptors (Lipinski definition) is 7. The molecule has 1 fully saturated rings. The Balaban J connectivity index is 1.91. The summed E-state index contributed by atoms with van der Waals surface area (Å²) in [5.41, 5.74) is 8.42. The quantitative estimate of drug-likeness (QED) is 0.829. The third kappa shape index (κ3) is 3.29. The predicted molar refractivity (Wildman–Crippen MR) is 91.9 cm³/mol. The van der Waals surface area contributed by atoms with Gasteiger partial charge in [0, 0.05) is 49.2 Å². The maximum absolute atomic E-state index is 7.79. The third-order valence-corrected chi connectivity index (χ3v) is 4.07. The van der Waals surface area contributed by atoms with Gasteiger partial charge in [0.2, 0.25) is 0 Å². The van der Waals surface area contributed by atoms with E-state index < -0.39 is 0 Å². The zero-order valence-electron chi connectivity index (χ0n) is 13.5. The average molecular weight is 311 g/mol. The highest BCUT2D eigenvalue weighted by molar-refractivity contribution is 6.01. The van der Waals surface area contributed by atoms with Gasteiger partial charge in [-0.3, -0.25) is 4.98 Å². The molecule has 3 N–H and O–H groups in total. The molecule has 3 rings (SSSR count). The van der Waals surface area contributed by atoms with E-state index in [0.29, 0.717) is 17.1 Å². The van der Waals surface area contributed by atoms with Crippen molar-refractivity contribution in [1.82, 2.24) is 19.9 Å². The molecule has 1 aliphatic heterocycles. The Bertz CT molecular complexity index is 720. The molecular formula is C16H21N7. The van der Waals surface area contributed by atoms with Crippen molar-refractivity contribution in [3.63, 3.8) is 0 Å². The zero-order chi connectivity index (χ0) is 16.4. The van der Waals surface area contributed by atoms with E-state index in [1.54, 1.807) is 25.5 Å². The Morgan fingerprint density at radius 3 is 2.61 bits per heavy atom. The molecule has 1 saturated heterocycles. The molecule has 7 heteroatoms. The van der Waals surface area contributed by atoms with Gasteiger partial charge in [0.15, 0.2) is 0 Å². The number of nitrogens with two attached hydrogens (primary N) is 1. The summed E-state index contributed by atoms with van der Waals surface area (Å²) in [5, 5.41) is 7.79. The number of pyridine rings is 1. The fourth-order valence-corrected chi connectivity index (χ4v) is 2.60. The zero-order valence-corrected chi connectivity index (χ0v) is 13.5. The number of piperazine rings is 1. The number of nitrogen functional groups attached to an aromatic ring is 1. The van der Waals surface area contributed by atoms with Gasteiger partial charge in [-0.2, -0.15) is 0 Å². The summed E-state index contributed by atoms with van der Waals surface area (Å²) in [5.74, 6) is 1.24. The topological polar surface area (TPSA) is 95.0 Å². The van der Waals surface area contributed by atoms with Crippen molar-refractivity contribution in [2.75, 3.05) is 43.9 Å². The second-order valence-electron chi connectivity index (χ2n) is 5.83. The number of aromatic nitrogens is 3. The van der Waals surface area contributed by atoms with Crippen LogP contribution in [-0.4, -0.2) is 58.8 Å².